The van der Waals surface area contributed by atoms with Gasteiger partial charge in [0.05, 0.1) is 22.1 Å². The molecule has 66 heavy (non-hydrogen) atoms. The molecule has 6 nitrogen and oxygen atoms in total. The molecule has 0 fully saturated rings. The summed E-state index contributed by atoms with van der Waals surface area (Å²) < 4.78 is 35.4. The van der Waals surface area contributed by atoms with Crippen LogP contribution in [0.5, 0.6) is 0 Å². The van der Waals surface area contributed by atoms with Crippen molar-refractivity contribution in [3.05, 3.63) is 243 Å². The molecular weight excluding hydrogens is 847 g/mol. The van der Waals surface area contributed by atoms with Crippen LogP contribution in [0.25, 0.3) is 66.1 Å². The fourth-order valence-corrected chi connectivity index (χ4v) is 14.8. The molecule has 0 saturated carbocycles. The van der Waals surface area contributed by atoms with Gasteiger partial charge in [-0.3, -0.25) is 9.97 Å². The largest absolute Gasteiger partial charge is 0.309 e. The number of benzene rings is 8. The second-order valence-corrected chi connectivity index (χ2v) is 21.9. The first kappa shape index (κ1) is 39.7. The van der Waals surface area contributed by atoms with Crippen LogP contribution in [0.1, 0.15) is 0 Å². The zero-order valence-corrected chi connectivity index (χ0v) is 37.4. The molecule has 0 saturated heterocycles. The minimum atomic E-state index is -3.31. The molecule has 4 aromatic heterocycles. The molecule has 0 aliphatic carbocycles. The average molecular weight is 887 g/mol. The van der Waals surface area contributed by atoms with E-state index < -0.39 is 14.3 Å². The maximum absolute atomic E-state index is 15.4. The normalized spacial score (nSPS) is 13.5. The molecule has 8 aromatic carbocycles. The second-order valence-electron chi connectivity index (χ2n) is 16.5. The number of nitrogens with zero attached hydrogens (tertiary/aromatic N) is 4. The van der Waals surface area contributed by atoms with Crippen molar-refractivity contribution >= 4 is 90.0 Å². The van der Waals surface area contributed by atoms with E-state index in [0.717, 1.165) is 87.3 Å². The highest BCUT2D eigenvalue weighted by Crippen LogP contribution is 2.45. The summed E-state index contributed by atoms with van der Waals surface area (Å²) >= 11 is 0. The van der Waals surface area contributed by atoms with E-state index in [-0.39, 0.29) is 0 Å². The standard InChI is InChI=1S/C58H40N4O2P2/c63-65(45-19-3-1-4-20-45,57-29-11-13-35-59-57)47-23-15-17-43(39-47)61-53-27-9-7-25-49(53)51-37-41(31-33-55(51)61)42-32-34-56-52(38-42)50-26-8-10-28-54(50)62(56)44-18-16-24-48(40-44)66(64,46-21-5-2-6-22-46)58-30-12-14-36-60-58/h1-40H. The van der Waals surface area contributed by atoms with E-state index in [0.29, 0.717) is 10.9 Å². The third-order valence-corrected chi connectivity index (χ3v) is 18.6. The van der Waals surface area contributed by atoms with Crippen molar-refractivity contribution in [1.82, 2.24) is 19.1 Å². The third-order valence-electron chi connectivity index (χ3n) is 12.8. The van der Waals surface area contributed by atoms with Crippen LogP contribution in [0, 0.1) is 0 Å². The SMILES string of the molecule is O=P(c1ccccc1)(c1cccc(-n2c3ccccc3c3cc(-c4ccc5c(c4)c4ccccc4n5-c4cccc(P(=O)(c5ccccc5)c5ccccn5)c4)ccc32)c1)c1ccccn1. The molecule has 12 rings (SSSR count). The molecule has 4 heterocycles. The molecule has 2 unspecified atom stereocenters. The second kappa shape index (κ2) is 16.0. The Morgan fingerprint density at radius 3 is 1.11 bits per heavy atom. The van der Waals surface area contributed by atoms with Gasteiger partial charge in [-0.15, -0.1) is 0 Å². The van der Waals surface area contributed by atoms with Crippen LogP contribution in [0.2, 0.25) is 0 Å². The summed E-state index contributed by atoms with van der Waals surface area (Å²) in [5.41, 5.74) is 9.41. The van der Waals surface area contributed by atoms with Gasteiger partial charge in [-0.1, -0.05) is 146 Å². The van der Waals surface area contributed by atoms with Crippen molar-refractivity contribution in [2.75, 3.05) is 0 Å². The summed E-state index contributed by atoms with van der Waals surface area (Å²) in [5.74, 6) is 0. The van der Waals surface area contributed by atoms with Crippen LogP contribution in [0.3, 0.4) is 0 Å². The van der Waals surface area contributed by atoms with Crippen LogP contribution in [-0.4, -0.2) is 19.1 Å². The minimum Gasteiger partial charge on any atom is -0.309 e. The van der Waals surface area contributed by atoms with Crippen molar-refractivity contribution in [2.24, 2.45) is 0 Å². The molecule has 314 valence electrons. The number of rotatable bonds is 9. The van der Waals surface area contributed by atoms with Gasteiger partial charge < -0.3 is 18.3 Å². The van der Waals surface area contributed by atoms with Crippen LogP contribution >= 0.6 is 14.3 Å². The lowest BCUT2D eigenvalue weighted by Crippen LogP contribution is -2.27. The Balaban J connectivity index is 0.981. The summed E-state index contributed by atoms with van der Waals surface area (Å²) in [5, 5.41) is 7.46. The summed E-state index contributed by atoms with van der Waals surface area (Å²) in [6, 6.07) is 77.3. The number of hydrogen-bond acceptors (Lipinski definition) is 4. The lowest BCUT2D eigenvalue weighted by atomic mass is 10.0. The zero-order valence-electron chi connectivity index (χ0n) is 35.6. The van der Waals surface area contributed by atoms with E-state index in [1.165, 1.54) is 0 Å². The van der Waals surface area contributed by atoms with Crippen LogP contribution in [0.4, 0.5) is 0 Å². The van der Waals surface area contributed by atoms with E-state index in [9.17, 15) is 0 Å². The Kier molecular flexibility index (Phi) is 9.61. The molecule has 0 spiro atoms. The average Bonchev–Trinajstić information content (AvgIpc) is 3.91. The van der Waals surface area contributed by atoms with Gasteiger partial charge in [-0.2, -0.15) is 0 Å². The summed E-state index contributed by atoms with van der Waals surface area (Å²) in [6.45, 7) is 0. The Bertz CT molecular complexity index is 3540. The molecule has 12 aromatic rings. The van der Waals surface area contributed by atoms with Crippen LogP contribution in [-0.2, 0) is 9.13 Å². The van der Waals surface area contributed by atoms with Gasteiger partial charge in [0.2, 0.25) is 0 Å². The van der Waals surface area contributed by atoms with Gasteiger partial charge in [-0.25, -0.2) is 0 Å². The Hall–Kier alpha value is -7.88. The third kappa shape index (κ3) is 6.33. The Labute approximate surface area is 381 Å². The molecule has 0 N–H and O–H groups in total. The van der Waals surface area contributed by atoms with E-state index >= 15 is 9.13 Å². The van der Waals surface area contributed by atoms with E-state index in [1.54, 1.807) is 12.4 Å². The van der Waals surface area contributed by atoms with Gasteiger partial charge in [0.15, 0.2) is 14.3 Å². The summed E-state index contributed by atoms with van der Waals surface area (Å²) in [4.78, 5) is 9.27. The number of aromatic nitrogens is 4. The maximum Gasteiger partial charge on any atom is 0.188 e. The molecule has 2 atom stereocenters. The quantitative estimate of drug-likeness (QED) is 0.135. The highest BCUT2D eigenvalue weighted by molar-refractivity contribution is 7.85. The van der Waals surface area contributed by atoms with E-state index in [1.807, 2.05) is 121 Å². The number of fused-ring (bicyclic) bond motifs is 6. The van der Waals surface area contributed by atoms with Gasteiger partial charge in [-0.05, 0) is 96.1 Å². The Morgan fingerprint density at radius 2 is 0.682 bits per heavy atom. The monoisotopic (exact) mass is 886 g/mol. The molecule has 0 bridgehead atoms. The van der Waals surface area contributed by atoms with Gasteiger partial charge >= 0.3 is 0 Å². The predicted octanol–water partition coefficient (Wildman–Crippen LogP) is 11.6. The van der Waals surface area contributed by atoms with Gasteiger partial charge in [0.25, 0.3) is 0 Å². The molecule has 0 aliphatic heterocycles. The van der Waals surface area contributed by atoms with E-state index in [4.69, 9.17) is 0 Å². The Morgan fingerprint density at radius 1 is 0.303 bits per heavy atom. The van der Waals surface area contributed by atoms with Crippen molar-refractivity contribution in [1.29, 1.82) is 0 Å². The minimum absolute atomic E-state index is 0.559. The van der Waals surface area contributed by atoms with Crippen molar-refractivity contribution in [3.8, 4) is 22.5 Å². The first-order chi connectivity index (χ1) is 32.5. The molecule has 8 heteroatoms. The number of para-hydroxylation sites is 2. The first-order valence-electron chi connectivity index (χ1n) is 21.9. The topological polar surface area (TPSA) is 69.8 Å². The van der Waals surface area contributed by atoms with Gasteiger partial charge in [0.1, 0.15) is 10.9 Å². The smallest absolute Gasteiger partial charge is 0.188 e. The van der Waals surface area contributed by atoms with Crippen LogP contribution in [0.15, 0.2) is 243 Å². The molecule has 0 radical (unpaired) electrons. The highest BCUT2D eigenvalue weighted by Gasteiger charge is 2.33. The summed E-state index contributed by atoms with van der Waals surface area (Å²) in [6.07, 6.45) is 3.43. The molecule has 0 amide bonds. The van der Waals surface area contributed by atoms with Crippen molar-refractivity contribution in [2.45, 2.75) is 0 Å². The molecule has 0 aliphatic rings. The maximum atomic E-state index is 15.4. The lowest BCUT2D eigenvalue weighted by Gasteiger charge is -2.20. The lowest BCUT2D eigenvalue weighted by molar-refractivity contribution is 0.591. The molecular formula is C58H40N4O2P2. The van der Waals surface area contributed by atoms with Crippen LogP contribution < -0.4 is 32.1 Å². The fourth-order valence-electron chi connectivity index (χ4n) is 9.70. The fraction of sp³-hybridized carbons (Fsp3) is 0. The van der Waals surface area contributed by atoms with Crippen molar-refractivity contribution in [3.63, 3.8) is 0 Å². The van der Waals surface area contributed by atoms with Crippen molar-refractivity contribution < 1.29 is 9.13 Å². The zero-order chi connectivity index (χ0) is 44.2. The van der Waals surface area contributed by atoms with Gasteiger partial charge in [0, 0.05) is 66.5 Å². The first-order valence-corrected chi connectivity index (χ1v) is 25.3. The number of hydrogen-bond donors (Lipinski definition) is 0. The highest BCUT2D eigenvalue weighted by atomic mass is 31.2. The van der Waals surface area contributed by atoms with E-state index in [2.05, 4.69) is 128 Å². The summed E-state index contributed by atoms with van der Waals surface area (Å²) in [7, 11) is -6.61. The number of pyridine rings is 2. The predicted molar refractivity (Wildman–Crippen MR) is 275 cm³/mol.